The maximum absolute atomic E-state index is 13.3. The molecule has 1 aromatic carbocycles. The normalized spacial score (nSPS) is 16.0. The molecule has 0 aliphatic carbocycles. The van der Waals surface area contributed by atoms with Crippen LogP contribution in [0.2, 0.25) is 0 Å². The number of imidazole rings is 1. The molecule has 1 aliphatic heterocycles. The van der Waals surface area contributed by atoms with E-state index in [1.165, 1.54) is 10.4 Å². The first-order valence-electron chi connectivity index (χ1n) is 9.97. The lowest BCUT2D eigenvalue weighted by molar-refractivity contribution is -0.137. The fourth-order valence-corrected chi connectivity index (χ4v) is 4.50. The van der Waals surface area contributed by atoms with Crippen molar-refractivity contribution in [2.75, 3.05) is 37.8 Å². The smallest absolute Gasteiger partial charge is 0.396 e. The minimum Gasteiger partial charge on any atom is -0.396 e. The number of hydrogen-bond donors (Lipinski definition) is 2. The molecule has 0 saturated heterocycles. The van der Waals surface area contributed by atoms with Crippen LogP contribution in [0.15, 0.2) is 30.5 Å². The zero-order chi connectivity index (χ0) is 23.1. The van der Waals surface area contributed by atoms with E-state index in [4.69, 9.17) is 5.11 Å². The predicted molar refractivity (Wildman–Crippen MR) is 115 cm³/mol. The summed E-state index contributed by atoms with van der Waals surface area (Å²) in [7, 11) is -3.31. The van der Waals surface area contributed by atoms with Gasteiger partial charge in [-0.05, 0) is 36.6 Å². The van der Waals surface area contributed by atoms with Crippen LogP contribution in [0, 0.1) is 0 Å². The summed E-state index contributed by atoms with van der Waals surface area (Å²) in [5.74, 6) is 0.311. The van der Waals surface area contributed by atoms with Gasteiger partial charge in [0.1, 0.15) is 0 Å². The Balaban J connectivity index is 1.87. The molecule has 32 heavy (non-hydrogen) atoms. The van der Waals surface area contributed by atoms with Crippen LogP contribution >= 0.6 is 0 Å². The quantitative estimate of drug-likeness (QED) is 0.539. The second-order valence-electron chi connectivity index (χ2n) is 7.57. The highest BCUT2D eigenvalue weighted by Gasteiger charge is 2.31. The fourth-order valence-electron chi connectivity index (χ4n) is 3.73. The lowest BCUT2D eigenvalue weighted by Gasteiger charge is -2.24. The second kappa shape index (κ2) is 8.34. The highest BCUT2D eigenvalue weighted by atomic mass is 32.2. The van der Waals surface area contributed by atoms with Gasteiger partial charge in [-0.2, -0.15) is 17.5 Å². The Morgan fingerprint density at radius 3 is 2.69 bits per heavy atom. The molecule has 0 unspecified atom stereocenters. The monoisotopic (exact) mass is 469 g/mol. The number of aliphatic hydroxyl groups excluding tert-OH is 1. The topological polar surface area (TPSA) is 99.8 Å². The number of fused-ring (bicyclic) bond motifs is 3. The highest BCUT2D eigenvalue weighted by molar-refractivity contribution is 7.88. The molecule has 0 spiro atoms. The van der Waals surface area contributed by atoms with Crippen LogP contribution in [0.4, 0.5) is 19.0 Å². The molecule has 0 bridgehead atoms. The first kappa shape index (κ1) is 22.5. The molecule has 1 aliphatic rings. The first-order valence-corrected chi connectivity index (χ1v) is 11.8. The van der Waals surface area contributed by atoms with Gasteiger partial charge in [-0.3, -0.25) is 4.40 Å². The fraction of sp³-hybridized carbons (Fsp3) is 0.400. The van der Waals surface area contributed by atoms with E-state index in [-0.39, 0.29) is 18.7 Å². The van der Waals surface area contributed by atoms with Gasteiger partial charge in [0.15, 0.2) is 11.5 Å². The van der Waals surface area contributed by atoms with Crippen molar-refractivity contribution in [3.8, 4) is 0 Å². The van der Waals surface area contributed by atoms with Crippen molar-refractivity contribution in [2.24, 2.45) is 0 Å². The van der Waals surface area contributed by atoms with Crippen LogP contribution in [0.1, 0.15) is 24.1 Å². The van der Waals surface area contributed by atoms with Gasteiger partial charge in [0.2, 0.25) is 10.0 Å². The van der Waals surface area contributed by atoms with Gasteiger partial charge in [0, 0.05) is 26.2 Å². The number of halogens is 3. The van der Waals surface area contributed by atoms with E-state index in [9.17, 15) is 21.6 Å². The van der Waals surface area contributed by atoms with Crippen molar-refractivity contribution in [1.29, 1.82) is 0 Å². The second-order valence-corrected chi connectivity index (χ2v) is 9.55. The number of sulfonamides is 1. The Kier molecular flexibility index (Phi) is 5.86. The Bertz CT molecular complexity index is 1300. The summed E-state index contributed by atoms with van der Waals surface area (Å²) in [6.45, 7) is 0.849. The molecular formula is C20H22F3N5O3S. The number of aromatic nitrogens is 3. The van der Waals surface area contributed by atoms with Gasteiger partial charge in [-0.1, -0.05) is 6.08 Å². The van der Waals surface area contributed by atoms with Crippen molar-refractivity contribution >= 4 is 38.1 Å². The van der Waals surface area contributed by atoms with Crippen LogP contribution in [0.3, 0.4) is 0 Å². The average Bonchev–Trinajstić information content (AvgIpc) is 3.18. The third kappa shape index (κ3) is 4.30. The van der Waals surface area contributed by atoms with Gasteiger partial charge in [0.05, 0.1) is 34.7 Å². The summed E-state index contributed by atoms with van der Waals surface area (Å²) >= 11 is 0. The molecule has 8 nitrogen and oxygen atoms in total. The SMILES string of the molecule is CS(=O)(=O)N1CC=C(c2cnc3c(NCCCO)nc4cc(C(F)(F)F)ccc4n23)CC1. The van der Waals surface area contributed by atoms with Crippen molar-refractivity contribution in [3.05, 3.63) is 41.7 Å². The largest absolute Gasteiger partial charge is 0.416 e. The summed E-state index contributed by atoms with van der Waals surface area (Å²) < 4.78 is 66.5. The van der Waals surface area contributed by atoms with Crippen LogP contribution < -0.4 is 5.32 Å². The molecule has 4 rings (SSSR count). The van der Waals surface area contributed by atoms with E-state index >= 15 is 0 Å². The molecule has 2 N–H and O–H groups in total. The number of aliphatic hydroxyl groups is 1. The van der Waals surface area contributed by atoms with Gasteiger partial charge in [-0.25, -0.2) is 18.4 Å². The van der Waals surface area contributed by atoms with Gasteiger partial charge >= 0.3 is 6.18 Å². The lowest BCUT2D eigenvalue weighted by Crippen LogP contribution is -2.33. The first-order chi connectivity index (χ1) is 15.1. The Morgan fingerprint density at radius 1 is 1.28 bits per heavy atom. The average molecular weight is 469 g/mol. The third-order valence-electron chi connectivity index (χ3n) is 5.35. The maximum Gasteiger partial charge on any atom is 0.416 e. The molecule has 0 fully saturated rings. The Labute approximate surface area is 182 Å². The maximum atomic E-state index is 13.3. The molecule has 3 heterocycles. The lowest BCUT2D eigenvalue weighted by atomic mass is 10.1. The van der Waals surface area contributed by atoms with Gasteiger partial charge in [0.25, 0.3) is 0 Å². The number of anilines is 1. The number of benzene rings is 1. The molecule has 0 radical (unpaired) electrons. The molecule has 172 valence electrons. The molecule has 0 saturated carbocycles. The van der Waals surface area contributed by atoms with Crippen molar-refractivity contribution in [2.45, 2.75) is 19.0 Å². The molecule has 12 heteroatoms. The third-order valence-corrected chi connectivity index (χ3v) is 6.62. The van der Waals surface area contributed by atoms with Crippen LogP contribution in [0.5, 0.6) is 0 Å². The Hall–Kier alpha value is -2.70. The Morgan fingerprint density at radius 2 is 2.06 bits per heavy atom. The predicted octanol–water partition coefficient (Wildman–Crippen LogP) is 2.74. The van der Waals surface area contributed by atoms with Gasteiger partial charge < -0.3 is 10.4 Å². The van der Waals surface area contributed by atoms with E-state index in [1.54, 1.807) is 16.7 Å². The number of hydrogen-bond acceptors (Lipinski definition) is 6. The van der Waals surface area contributed by atoms with E-state index in [0.29, 0.717) is 48.6 Å². The standard InChI is InChI=1S/C20H22F3N5O3S/c1-32(30,31)27-8-5-13(6-9-27)17-12-25-19-18(24-7-2-10-29)26-15-11-14(20(21,22)23)3-4-16(15)28(17)19/h3-5,11-12,29H,2,6-10H2,1H3,(H,24,26). The van der Waals surface area contributed by atoms with Crippen LogP contribution in [0.25, 0.3) is 22.3 Å². The van der Waals surface area contributed by atoms with E-state index in [0.717, 1.165) is 24.0 Å². The molecule has 0 atom stereocenters. The summed E-state index contributed by atoms with van der Waals surface area (Å²) in [5.41, 5.74) is 1.76. The summed E-state index contributed by atoms with van der Waals surface area (Å²) in [6, 6.07) is 3.37. The zero-order valence-electron chi connectivity index (χ0n) is 17.2. The summed E-state index contributed by atoms with van der Waals surface area (Å²) in [6.07, 6.45) is 0.944. The molecule has 0 amide bonds. The molecule has 3 aromatic rings. The summed E-state index contributed by atoms with van der Waals surface area (Å²) in [5, 5.41) is 12.1. The minimum absolute atomic E-state index is 0.0432. The van der Waals surface area contributed by atoms with Crippen molar-refractivity contribution < 1.29 is 26.7 Å². The highest BCUT2D eigenvalue weighted by Crippen LogP contribution is 2.34. The van der Waals surface area contributed by atoms with Gasteiger partial charge in [-0.15, -0.1) is 0 Å². The number of alkyl halides is 3. The van der Waals surface area contributed by atoms with Crippen LogP contribution in [-0.2, 0) is 16.2 Å². The van der Waals surface area contributed by atoms with Crippen molar-refractivity contribution in [3.63, 3.8) is 0 Å². The van der Waals surface area contributed by atoms with E-state index in [1.807, 2.05) is 0 Å². The zero-order valence-corrected chi connectivity index (χ0v) is 18.0. The molecule has 2 aromatic heterocycles. The summed E-state index contributed by atoms with van der Waals surface area (Å²) in [4.78, 5) is 8.81. The number of nitrogens with one attached hydrogen (secondary N) is 1. The van der Waals surface area contributed by atoms with E-state index < -0.39 is 21.8 Å². The van der Waals surface area contributed by atoms with E-state index in [2.05, 4.69) is 15.3 Å². The number of rotatable bonds is 6. The number of nitrogens with zero attached hydrogens (tertiary/aromatic N) is 4. The molecular weight excluding hydrogens is 447 g/mol. The van der Waals surface area contributed by atoms with Crippen LogP contribution in [-0.4, -0.2) is 64.7 Å². The van der Waals surface area contributed by atoms with Crippen molar-refractivity contribution in [1.82, 2.24) is 18.7 Å². The minimum atomic E-state index is -4.51.